The number of aryl methyl sites for hydroxylation is 1. The zero-order valence-corrected chi connectivity index (χ0v) is 14.0. The largest absolute Gasteiger partial charge is 0.325 e. The van der Waals surface area contributed by atoms with E-state index >= 15 is 0 Å². The van der Waals surface area contributed by atoms with Crippen molar-refractivity contribution in [3.63, 3.8) is 0 Å². The number of thioether (sulfide) groups is 1. The third-order valence-electron chi connectivity index (χ3n) is 3.79. The molecule has 1 unspecified atom stereocenters. The number of amides is 2. The summed E-state index contributed by atoms with van der Waals surface area (Å²) < 4.78 is 14.0. The molecule has 1 fully saturated rings. The van der Waals surface area contributed by atoms with Gasteiger partial charge in [-0.05, 0) is 25.1 Å². The third-order valence-corrected chi connectivity index (χ3v) is 5.03. The minimum atomic E-state index is -0.470. The van der Waals surface area contributed by atoms with Crippen molar-refractivity contribution in [2.24, 2.45) is 0 Å². The summed E-state index contributed by atoms with van der Waals surface area (Å²) in [5.41, 5.74) is 2.20. The van der Waals surface area contributed by atoms with E-state index in [0.717, 1.165) is 5.56 Å². The molecular formula is C18H17FN2O2S. The number of carbonyl (C=O) groups excluding carboxylic acids is 2. The highest BCUT2D eigenvalue weighted by Gasteiger charge is 2.35. The molecule has 124 valence electrons. The molecule has 0 aromatic heterocycles. The van der Waals surface area contributed by atoms with Crippen LogP contribution in [-0.4, -0.2) is 29.0 Å². The summed E-state index contributed by atoms with van der Waals surface area (Å²) in [5.74, 6) is -0.575. The summed E-state index contributed by atoms with van der Waals surface area (Å²) in [6.45, 7) is 1.86. The topological polar surface area (TPSA) is 49.4 Å². The van der Waals surface area contributed by atoms with E-state index in [-0.39, 0.29) is 29.9 Å². The Bertz CT molecular complexity index is 764. The van der Waals surface area contributed by atoms with E-state index in [0.29, 0.717) is 11.3 Å². The Morgan fingerprint density at radius 3 is 2.67 bits per heavy atom. The highest BCUT2D eigenvalue weighted by atomic mass is 32.2. The number of rotatable bonds is 4. The first-order valence-electron chi connectivity index (χ1n) is 7.56. The standard InChI is InChI=1S/C18H17FN2O2S/c1-12-6-8-13(9-7-12)20-16(22)10-21-17(23)11-24-18(21)14-4-2-3-5-15(14)19/h2-9,18H,10-11H2,1H3,(H,20,22). The summed E-state index contributed by atoms with van der Waals surface area (Å²) in [6, 6.07) is 13.8. The van der Waals surface area contributed by atoms with E-state index in [1.807, 2.05) is 31.2 Å². The molecule has 0 bridgehead atoms. The monoisotopic (exact) mass is 344 g/mol. The van der Waals surface area contributed by atoms with Crippen molar-refractivity contribution in [1.82, 2.24) is 4.90 Å². The number of anilines is 1. The average Bonchev–Trinajstić information content (AvgIpc) is 2.91. The SMILES string of the molecule is Cc1ccc(NC(=O)CN2C(=O)CSC2c2ccccc2F)cc1. The molecule has 1 saturated heterocycles. The molecule has 1 N–H and O–H groups in total. The Kier molecular flexibility index (Phi) is 4.85. The van der Waals surface area contributed by atoms with Crippen LogP contribution in [0.3, 0.4) is 0 Å². The molecule has 0 radical (unpaired) electrons. The fraction of sp³-hybridized carbons (Fsp3) is 0.222. The quantitative estimate of drug-likeness (QED) is 0.925. The van der Waals surface area contributed by atoms with Crippen molar-refractivity contribution >= 4 is 29.3 Å². The van der Waals surface area contributed by atoms with E-state index < -0.39 is 5.37 Å². The third kappa shape index (κ3) is 3.59. The summed E-state index contributed by atoms with van der Waals surface area (Å²) >= 11 is 1.33. The van der Waals surface area contributed by atoms with Crippen molar-refractivity contribution in [3.05, 3.63) is 65.5 Å². The van der Waals surface area contributed by atoms with Crippen LogP contribution in [0.1, 0.15) is 16.5 Å². The number of hydrogen-bond acceptors (Lipinski definition) is 3. The van der Waals surface area contributed by atoms with Gasteiger partial charge in [0.05, 0.1) is 5.75 Å². The molecule has 1 atom stereocenters. The van der Waals surface area contributed by atoms with Gasteiger partial charge >= 0.3 is 0 Å². The molecule has 24 heavy (non-hydrogen) atoms. The molecule has 3 rings (SSSR count). The zero-order chi connectivity index (χ0) is 17.1. The molecule has 1 aliphatic heterocycles. The second-order valence-electron chi connectivity index (χ2n) is 5.62. The van der Waals surface area contributed by atoms with Gasteiger partial charge in [-0.15, -0.1) is 11.8 Å². The first-order chi connectivity index (χ1) is 11.5. The summed E-state index contributed by atoms with van der Waals surface area (Å²) in [6.07, 6.45) is 0. The Hall–Kier alpha value is -2.34. The van der Waals surface area contributed by atoms with Gasteiger partial charge in [-0.1, -0.05) is 35.9 Å². The molecule has 1 heterocycles. The molecule has 0 saturated carbocycles. The van der Waals surface area contributed by atoms with Gasteiger partial charge in [0.2, 0.25) is 11.8 Å². The van der Waals surface area contributed by atoms with Crippen LogP contribution in [0.5, 0.6) is 0 Å². The lowest BCUT2D eigenvalue weighted by Crippen LogP contribution is -2.36. The first kappa shape index (κ1) is 16.5. The predicted octanol–water partition coefficient (Wildman–Crippen LogP) is 3.35. The smallest absolute Gasteiger partial charge is 0.244 e. The molecule has 0 spiro atoms. The Labute approximate surface area is 144 Å². The van der Waals surface area contributed by atoms with Gasteiger partial charge in [0.25, 0.3) is 0 Å². The zero-order valence-electron chi connectivity index (χ0n) is 13.2. The molecule has 6 heteroatoms. The fourth-order valence-corrected chi connectivity index (χ4v) is 3.76. The van der Waals surface area contributed by atoms with Gasteiger partial charge in [0.15, 0.2) is 0 Å². The number of hydrogen-bond donors (Lipinski definition) is 1. The van der Waals surface area contributed by atoms with Crippen LogP contribution >= 0.6 is 11.8 Å². The van der Waals surface area contributed by atoms with Crippen molar-refractivity contribution in [2.75, 3.05) is 17.6 Å². The number of benzene rings is 2. The molecule has 2 aromatic rings. The maximum absolute atomic E-state index is 14.0. The van der Waals surface area contributed by atoms with Gasteiger partial charge in [0.1, 0.15) is 17.7 Å². The van der Waals surface area contributed by atoms with Crippen LogP contribution in [0, 0.1) is 12.7 Å². The van der Waals surface area contributed by atoms with Crippen LogP contribution in [0.25, 0.3) is 0 Å². The summed E-state index contributed by atoms with van der Waals surface area (Å²) in [7, 11) is 0. The van der Waals surface area contributed by atoms with Crippen LogP contribution in [0.4, 0.5) is 10.1 Å². The molecule has 2 aromatic carbocycles. The van der Waals surface area contributed by atoms with E-state index in [2.05, 4.69) is 5.32 Å². The van der Waals surface area contributed by atoms with Crippen LogP contribution in [0.2, 0.25) is 0 Å². The van der Waals surface area contributed by atoms with Crippen LogP contribution < -0.4 is 5.32 Å². The van der Waals surface area contributed by atoms with Crippen molar-refractivity contribution < 1.29 is 14.0 Å². The number of carbonyl (C=O) groups is 2. The maximum atomic E-state index is 14.0. The Morgan fingerprint density at radius 1 is 1.25 bits per heavy atom. The lowest BCUT2D eigenvalue weighted by molar-refractivity contribution is -0.132. The second-order valence-corrected chi connectivity index (χ2v) is 6.69. The molecule has 4 nitrogen and oxygen atoms in total. The van der Waals surface area contributed by atoms with Crippen LogP contribution in [-0.2, 0) is 9.59 Å². The van der Waals surface area contributed by atoms with Crippen molar-refractivity contribution in [1.29, 1.82) is 0 Å². The van der Waals surface area contributed by atoms with Gasteiger partial charge in [0, 0.05) is 11.3 Å². The Balaban J connectivity index is 1.72. The molecule has 0 aliphatic carbocycles. The first-order valence-corrected chi connectivity index (χ1v) is 8.61. The van der Waals surface area contributed by atoms with Gasteiger partial charge < -0.3 is 10.2 Å². The van der Waals surface area contributed by atoms with Gasteiger partial charge in [-0.2, -0.15) is 0 Å². The van der Waals surface area contributed by atoms with Crippen molar-refractivity contribution in [2.45, 2.75) is 12.3 Å². The summed E-state index contributed by atoms with van der Waals surface area (Å²) in [5, 5.41) is 2.30. The van der Waals surface area contributed by atoms with E-state index in [1.165, 1.54) is 22.7 Å². The highest BCUT2D eigenvalue weighted by Crippen LogP contribution is 2.39. The summed E-state index contributed by atoms with van der Waals surface area (Å²) in [4.78, 5) is 25.8. The normalized spacial score (nSPS) is 17.2. The molecule has 2 amide bonds. The lowest BCUT2D eigenvalue weighted by atomic mass is 10.2. The van der Waals surface area contributed by atoms with Crippen LogP contribution in [0.15, 0.2) is 48.5 Å². The van der Waals surface area contributed by atoms with E-state index in [9.17, 15) is 14.0 Å². The minimum Gasteiger partial charge on any atom is -0.325 e. The fourth-order valence-electron chi connectivity index (χ4n) is 2.55. The second kappa shape index (κ2) is 7.05. The number of nitrogens with zero attached hydrogens (tertiary/aromatic N) is 1. The predicted molar refractivity (Wildman–Crippen MR) is 93.1 cm³/mol. The van der Waals surface area contributed by atoms with Crippen molar-refractivity contribution in [3.8, 4) is 0 Å². The Morgan fingerprint density at radius 2 is 1.96 bits per heavy atom. The number of nitrogens with one attached hydrogen (secondary N) is 1. The van der Waals surface area contributed by atoms with E-state index in [4.69, 9.17) is 0 Å². The van der Waals surface area contributed by atoms with E-state index in [1.54, 1.807) is 18.2 Å². The lowest BCUT2D eigenvalue weighted by Gasteiger charge is -2.24. The molecular weight excluding hydrogens is 327 g/mol. The van der Waals surface area contributed by atoms with Gasteiger partial charge in [-0.25, -0.2) is 4.39 Å². The maximum Gasteiger partial charge on any atom is 0.244 e. The average molecular weight is 344 g/mol. The number of halogens is 1. The highest BCUT2D eigenvalue weighted by molar-refractivity contribution is 8.00. The molecule has 1 aliphatic rings. The minimum absolute atomic E-state index is 0.0985. The van der Waals surface area contributed by atoms with Gasteiger partial charge in [-0.3, -0.25) is 9.59 Å².